The minimum absolute atomic E-state index is 0.0132. The molecule has 7 aromatic carbocycles. The molecule has 0 spiro atoms. The van der Waals surface area contributed by atoms with E-state index in [9.17, 15) is 71.5 Å². The monoisotopic (exact) mass is 836 g/mol. The van der Waals surface area contributed by atoms with Crippen LogP contribution in [-0.2, 0) is 0 Å². The van der Waals surface area contributed by atoms with Crippen LogP contribution in [0.5, 0.6) is 57.5 Å². The number of phenolic OH excluding ortho intramolecular Hbond substituents is 10. The minimum atomic E-state index is -1.11. The number of aliphatic hydroxyl groups is 4. The Kier molecular flexibility index (Phi) is 9.09. The van der Waals surface area contributed by atoms with Crippen LogP contribution in [0.15, 0.2) is 65.0 Å². The SMILES string of the molecule is Bc1c(O)c(O)c(O)c(O)c1-c1c(B)c(O)c(-c2c3ccccc3c(-c3c(O)c(B)c(C)c4oc5c(/C(O)=C(\C)O)c(/C(O)=C/O)c(O)c(O)c5c34)c3ccccc23)c(O)c1O. The van der Waals surface area contributed by atoms with Crippen LogP contribution >= 0.6 is 0 Å². The first kappa shape index (κ1) is 40.5. The Balaban J connectivity index is 1.57. The Morgan fingerprint density at radius 1 is 0.468 bits per heavy atom. The standard InChI is InChI=1S/C44H35B3O15/c1-12-29(45)33(52)22(23-28-39(58)35(54)21(18(50)11-48)27(32(51)13(2)49)44(28)62-43(12)23)19-14-7-3-5-9-16(14)20(17-10-6-4-8-15(17)19)26-34(53)30(46)24(36(55)38(26)57)25-31(47)40(59)42(61)41(60)37(25)56/h3-11,48-61H,45-47H2,1-2H3/b18-11-,32-13-. The van der Waals surface area contributed by atoms with Gasteiger partial charge in [0.15, 0.2) is 51.6 Å². The van der Waals surface area contributed by atoms with Crippen LogP contribution in [0.1, 0.15) is 23.6 Å². The summed E-state index contributed by atoms with van der Waals surface area (Å²) in [4.78, 5) is 0. The summed E-state index contributed by atoms with van der Waals surface area (Å²) in [6, 6.07) is 13.3. The van der Waals surface area contributed by atoms with Gasteiger partial charge in [-0.25, -0.2) is 0 Å². The van der Waals surface area contributed by atoms with Crippen molar-refractivity contribution < 1.29 is 75.9 Å². The van der Waals surface area contributed by atoms with Gasteiger partial charge in [0.2, 0.25) is 11.5 Å². The summed E-state index contributed by atoms with van der Waals surface area (Å²) < 4.78 is 6.35. The topological polar surface area (TPSA) is 296 Å². The lowest BCUT2D eigenvalue weighted by Gasteiger charge is -2.23. The number of rotatable bonds is 5. The number of hydrogen-bond acceptors (Lipinski definition) is 15. The maximum absolute atomic E-state index is 12.3. The van der Waals surface area contributed by atoms with E-state index in [1.807, 2.05) is 0 Å². The largest absolute Gasteiger partial charge is 0.512 e. The Bertz CT molecular complexity index is 3290. The van der Waals surface area contributed by atoms with E-state index in [1.54, 1.807) is 63.3 Å². The van der Waals surface area contributed by atoms with E-state index in [2.05, 4.69) is 0 Å². The highest BCUT2D eigenvalue weighted by Gasteiger charge is 2.35. The van der Waals surface area contributed by atoms with Crippen molar-refractivity contribution in [3.8, 4) is 90.9 Å². The molecule has 0 aliphatic carbocycles. The summed E-state index contributed by atoms with van der Waals surface area (Å²) >= 11 is 0. The molecule has 0 unspecified atom stereocenters. The average molecular weight is 836 g/mol. The maximum atomic E-state index is 12.3. The summed E-state index contributed by atoms with van der Waals surface area (Å²) in [6.45, 7) is 2.73. The normalized spacial score (nSPS) is 12.5. The van der Waals surface area contributed by atoms with Gasteiger partial charge in [-0.15, -0.1) is 0 Å². The second kappa shape index (κ2) is 13.9. The van der Waals surface area contributed by atoms with E-state index in [4.69, 9.17) is 4.42 Å². The second-order valence-corrected chi connectivity index (χ2v) is 15.0. The van der Waals surface area contributed by atoms with Gasteiger partial charge in [-0.2, -0.15) is 0 Å². The molecule has 0 amide bonds. The average Bonchev–Trinajstić information content (AvgIpc) is 3.66. The van der Waals surface area contributed by atoms with E-state index in [0.717, 1.165) is 6.92 Å². The zero-order valence-corrected chi connectivity index (χ0v) is 33.4. The van der Waals surface area contributed by atoms with Gasteiger partial charge in [0.1, 0.15) is 52.6 Å². The van der Waals surface area contributed by atoms with Crippen molar-refractivity contribution in [3.05, 3.63) is 77.2 Å². The molecule has 0 aliphatic rings. The summed E-state index contributed by atoms with van der Waals surface area (Å²) in [5.74, 6) is -11.0. The van der Waals surface area contributed by atoms with Crippen molar-refractivity contribution in [1.29, 1.82) is 0 Å². The van der Waals surface area contributed by atoms with Gasteiger partial charge in [-0.3, -0.25) is 0 Å². The van der Waals surface area contributed by atoms with Gasteiger partial charge in [0.05, 0.1) is 22.1 Å². The van der Waals surface area contributed by atoms with Crippen molar-refractivity contribution in [3.63, 3.8) is 0 Å². The molecule has 310 valence electrons. The molecule has 15 nitrogen and oxygen atoms in total. The number of hydrogen-bond donors (Lipinski definition) is 14. The fraction of sp³-hybridized carbons (Fsp3) is 0.0455. The van der Waals surface area contributed by atoms with Crippen molar-refractivity contribution in [2.75, 3.05) is 0 Å². The number of furan rings is 1. The van der Waals surface area contributed by atoms with E-state index in [1.165, 1.54) is 15.7 Å². The van der Waals surface area contributed by atoms with Crippen LogP contribution in [0.4, 0.5) is 0 Å². The summed E-state index contributed by atoms with van der Waals surface area (Å²) in [7, 11) is 4.24. The molecule has 0 atom stereocenters. The lowest BCUT2D eigenvalue weighted by atomic mass is 9.75. The first-order valence-corrected chi connectivity index (χ1v) is 18.8. The second-order valence-electron chi connectivity index (χ2n) is 15.0. The molecule has 14 N–H and O–H groups in total. The highest BCUT2D eigenvalue weighted by molar-refractivity contribution is 6.45. The van der Waals surface area contributed by atoms with Gasteiger partial charge >= 0.3 is 0 Å². The molecule has 8 aromatic rings. The molecule has 1 aromatic heterocycles. The molecule has 0 radical (unpaired) electrons. The number of aliphatic hydroxyl groups excluding tert-OH is 4. The minimum Gasteiger partial charge on any atom is -0.512 e. The molecule has 1 heterocycles. The smallest absolute Gasteiger partial charge is 0.204 e. The van der Waals surface area contributed by atoms with Gasteiger partial charge in [-0.1, -0.05) is 48.5 Å². The lowest BCUT2D eigenvalue weighted by Crippen LogP contribution is -2.16. The van der Waals surface area contributed by atoms with E-state index >= 15 is 0 Å². The third-order valence-electron chi connectivity index (χ3n) is 11.8. The summed E-state index contributed by atoms with van der Waals surface area (Å²) in [5.41, 5.74) is -1.64. The Morgan fingerprint density at radius 3 is 1.40 bits per heavy atom. The highest BCUT2D eigenvalue weighted by Crippen LogP contribution is 2.58. The number of phenols is 10. The molecule has 18 heteroatoms. The summed E-state index contributed by atoms with van der Waals surface area (Å²) in [6.07, 6.45) is 0.206. The maximum Gasteiger partial charge on any atom is 0.204 e. The van der Waals surface area contributed by atoms with Crippen LogP contribution in [0, 0.1) is 6.92 Å². The fourth-order valence-corrected chi connectivity index (χ4v) is 8.59. The zero-order chi connectivity index (χ0) is 45.1. The number of allylic oxidation sites excluding steroid dienone is 1. The van der Waals surface area contributed by atoms with Crippen LogP contribution in [0.25, 0.3) is 88.4 Å². The molecule has 0 bridgehead atoms. The number of aromatic hydroxyl groups is 10. The van der Waals surface area contributed by atoms with E-state index in [0.29, 0.717) is 38.1 Å². The van der Waals surface area contributed by atoms with Crippen molar-refractivity contribution in [2.45, 2.75) is 13.8 Å². The quantitative estimate of drug-likeness (QED) is 0.0379. The van der Waals surface area contributed by atoms with E-state index in [-0.39, 0.29) is 72.7 Å². The molecule has 0 aliphatic heterocycles. The Hall–Kier alpha value is -8.27. The molecule has 0 fully saturated rings. The highest BCUT2D eigenvalue weighted by atomic mass is 16.4. The van der Waals surface area contributed by atoms with Gasteiger partial charge in [0, 0.05) is 33.2 Å². The first-order chi connectivity index (χ1) is 29.3. The predicted octanol–water partition coefficient (Wildman–Crippen LogP) is 4.25. The molecule has 62 heavy (non-hydrogen) atoms. The van der Waals surface area contributed by atoms with Crippen LogP contribution in [0.2, 0.25) is 0 Å². The molecule has 0 saturated heterocycles. The van der Waals surface area contributed by atoms with Gasteiger partial charge in [-0.05, 0) is 57.3 Å². The Morgan fingerprint density at radius 2 is 0.903 bits per heavy atom. The molecule has 0 saturated carbocycles. The van der Waals surface area contributed by atoms with Crippen molar-refractivity contribution in [2.24, 2.45) is 0 Å². The molecular formula is C44H35B3O15. The number of benzene rings is 7. The predicted molar refractivity (Wildman–Crippen MR) is 242 cm³/mol. The first-order valence-electron chi connectivity index (χ1n) is 18.8. The van der Waals surface area contributed by atoms with Crippen molar-refractivity contribution >= 4 is 94.9 Å². The van der Waals surface area contributed by atoms with Crippen LogP contribution < -0.4 is 16.4 Å². The third-order valence-corrected chi connectivity index (χ3v) is 11.8. The van der Waals surface area contributed by atoms with Crippen LogP contribution in [-0.4, -0.2) is 95.0 Å². The zero-order valence-electron chi connectivity index (χ0n) is 33.4. The lowest BCUT2D eigenvalue weighted by molar-refractivity contribution is 0.348. The molecular weight excluding hydrogens is 801 g/mol. The number of fused-ring (bicyclic) bond motifs is 5. The van der Waals surface area contributed by atoms with Gasteiger partial charge in [0.25, 0.3) is 0 Å². The van der Waals surface area contributed by atoms with Crippen molar-refractivity contribution in [1.82, 2.24) is 0 Å². The van der Waals surface area contributed by atoms with Crippen LogP contribution in [0.3, 0.4) is 0 Å². The van der Waals surface area contributed by atoms with E-state index < -0.39 is 80.2 Å². The molecule has 8 rings (SSSR count). The third kappa shape index (κ3) is 5.22. The summed E-state index contributed by atoms with van der Waals surface area (Å²) in [5, 5.41) is 156. The fourth-order valence-electron chi connectivity index (χ4n) is 8.59. The van der Waals surface area contributed by atoms with Gasteiger partial charge < -0.3 is 75.9 Å². The Labute approximate surface area is 352 Å². The number of aryl methyl sites for hydroxylation is 1.